The maximum Gasteiger partial charge on any atom is 0.335 e. The molecule has 114 valence electrons. The van der Waals surface area contributed by atoms with Gasteiger partial charge < -0.3 is 10.4 Å². The van der Waals surface area contributed by atoms with Crippen molar-refractivity contribution in [1.82, 2.24) is 0 Å². The number of benzene rings is 1. The lowest BCUT2D eigenvalue weighted by molar-refractivity contribution is -0.121. The Morgan fingerprint density at radius 2 is 1.90 bits per heavy atom. The first kappa shape index (κ1) is 15.5. The Hall–Kier alpha value is -1.89. The fraction of sp³-hybridized carbons (Fsp3) is 0.429. The molecular formula is C14H17NO5S. The van der Waals surface area contributed by atoms with Crippen LogP contribution in [-0.2, 0) is 14.6 Å². The Morgan fingerprint density at radius 1 is 1.29 bits per heavy atom. The number of carbonyl (C=O) groups is 2. The maximum atomic E-state index is 12.2. The Labute approximate surface area is 123 Å². The van der Waals surface area contributed by atoms with Crippen LogP contribution in [0, 0.1) is 5.41 Å². The highest BCUT2D eigenvalue weighted by molar-refractivity contribution is 7.90. The zero-order valence-electron chi connectivity index (χ0n) is 11.8. The number of sulfone groups is 1. The van der Waals surface area contributed by atoms with Gasteiger partial charge in [0.1, 0.15) is 0 Å². The van der Waals surface area contributed by atoms with E-state index in [4.69, 9.17) is 5.11 Å². The van der Waals surface area contributed by atoms with Crippen molar-refractivity contribution in [2.24, 2.45) is 5.41 Å². The second-order valence-electron chi connectivity index (χ2n) is 5.41. The summed E-state index contributed by atoms with van der Waals surface area (Å²) in [7, 11) is -3.56. The minimum atomic E-state index is -3.56. The van der Waals surface area contributed by atoms with Crippen LogP contribution in [0.3, 0.4) is 0 Å². The quantitative estimate of drug-likeness (QED) is 0.865. The summed E-state index contributed by atoms with van der Waals surface area (Å²) in [4.78, 5) is 23.1. The number of carboxylic acid groups (broad SMARTS) is 1. The van der Waals surface area contributed by atoms with Gasteiger partial charge in [-0.05, 0) is 37.5 Å². The molecule has 0 saturated heterocycles. The molecule has 1 aliphatic rings. The van der Waals surface area contributed by atoms with Crippen LogP contribution in [-0.4, -0.2) is 31.7 Å². The molecule has 1 fully saturated rings. The smallest absolute Gasteiger partial charge is 0.335 e. The molecule has 1 aromatic carbocycles. The molecule has 0 bridgehead atoms. The number of carboxylic acids is 1. The van der Waals surface area contributed by atoms with Gasteiger partial charge in [0.2, 0.25) is 5.91 Å². The molecule has 1 saturated carbocycles. The number of anilines is 1. The van der Waals surface area contributed by atoms with Gasteiger partial charge in [-0.15, -0.1) is 0 Å². The SMILES string of the molecule is CCC1(C(=O)Nc2cc(C(=O)O)cc(S(C)(=O)=O)c2)CC1. The molecular weight excluding hydrogens is 294 g/mol. The van der Waals surface area contributed by atoms with E-state index in [-0.39, 0.29) is 27.5 Å². The first-order valence-electron chi connectivity index (χ1n) is 6.58. The standard InChI is InChI=1S/C14H17NO5S/c1-3-14(4-5-14)13(18)15-10-6-9(12(16)17)7-11(8-10)21(2,19)20/h6-8H,3-5H2,1-2H3,(H,15,18)(H,16,17). The zero-order valence-corrected chi connectivity index (χ0v) is 12.7. The van der Waals surface area contributed by atoms with Crippen molar-refractivity contribution in [3.63, 3.8) is 0 Å². The van der Waals surface area contributed by atoms with Gasteiger partial charge >= 0.3 is 5.97 Å². The average molecular weight is 311 g/mol. The predicted molar refractivity (Wildman–Crippen MR) is 77.1 cm³/mol. The van der Waals surface area contributed by atoms with E-state index < -0.39 is 15.8 Å². The van der Waals surface area contributed by atoms with Crippen LogP contribution in [0.5, 0.6) is 0 Å². The number of rotatable bonds is 5. The minimum absolute atomic E-state index is 0.126. The summed E-state index contributed by atoms with van der Waals surface area (Å²) < 4.78 is 23.2. The number of amides is 1. The van der Waals surface area contributed by atoms with Crippen molar-refractivity contribution in [1.29, 1.82) is 0 Å². The van der Waals surface area contributed by atoms with Gasteiger partial charge in [0, 0.05) is 17.4 Å². The molecule has 2 N–H and O–H groups in total. The Kier molecular flexibility index (Phi) is 3.79. The third kappa shape index (κ3) is 3.24. The van der Waals surface area contributed by atoms with Crippen LogP contribution in [0.4, 0.5) is 5.69 Å². The summed E-state index contributed by atoms with van der Waals surface area (Å²) >= 11 is 0. The zero-order chi connectivity index (χ0) is 15.8. The van der Waals surface area contributed by atoms with Gasteiger partial charge in [-0.1, -0.05) is 6.92 Å². The summed E-state index contributed by atoms with van der Waals surface area (Å²) in [5.74, 6) is -1.43. The van der Waals surface area contributed by atoms with Gasteiger partial charge in [0.25, 0.3) is 0 Å². The highest BCUT2D eigenvalue weighted by atomic mass is 32.2. The lowest BCUT2D eigenvalue weighted by atomic mass is 10.0. The monoisotopic (exact) mass is 311 g/mol. The lowest BCUT2D eigenvalue weighted by Crippen LogP contribution is -2.23. The third-order valence-electron chi connectivity index (χ3n) is 3.85. The number of aromatic carboxylic acids is 1. The van der Waals surface area contributed by atoms with Crippen molar-refractivity contribution in [2.45, 2.75) is 31.1 Å². The molecule has 0 spiro atoms. The van der Waals surface area contributed by atoms with E-state index >= 15 is 0 Å². The second-order valence-corrected chi connectivity index (χ2v) is 7.43. The molecule has 2 rings (SSSR count). The number of hydrogen-bond acceptors (Lipinski definition) is 4. The molecule has 1 amide bonds. The highest BCUT2D eigenvalue weighted by Crippen LogP contribution is 2.49. The first-order valence-corrected chi connectivity index (χ1v) is 8.47. The summed E-state index contributed by atoms with van der Waals surface area (Å²) in [6, 6.07) is 3.63. The van der Waals surface area contributed by atoms with E-state index in [0.717, 1.165) is 25.2 Å². The molecule has 0 unspecified atom stereocenters. The summed E-state index contributed by atoms with van der Waals surface area (Å²) in [6.07, 6.45) is 3.30. The molecule has 0 radical (unpaired) electrons. The van der Waals surface area contributed by atoms with Crippen molar-refractivity contribution in [2.75, 3.05) is 11.6 Å². The van der Waals surface area contributed by atoms with Crippen LogP contribution in [0.2, 0.25) is 0 Å². The van der Waals surface area contributed by atoms with Crippen molar-refractivity contribution < 1.29 is 23.1 Å². The number of nitrogens with one attached hydrogen (secondary N) is 1. The van der Waals surface area contributed by atoms with Crippen LogP contribution >= 0.6 is 0 Å². The summed E-state index contributed by atoms with van der Waals surface area (Å²) in [5, 5.41) is 11.7. The Bertz CT molecular complexity index is 704. The Balaban J connectivity index is 2.37. The van der Waals surface area contributed by atoms with E-state index in [1.165, 1.54) is 12.1 Å². The number of hydrogen-bond donors (Lipinski definition) is 2. The molecule has 1 aliphatic carbocycles. The topological polar surface area (TPSA) is 101 Å². The second kappa shape index (κ2) is 5.14. The van der Waals surface area contributed by atoms with Gasteiger partial charge in [-0.2, -0.15) is 0 Å². The molecule has 21 heavy (non-hydrogen) atoms. The largest absolute Gasteiger partial charge is 0.478 e. The fourth-order valence-corrected chi connectivity index (χ4v) is 2.85. The van der Waals surface area contributed by atoms with Crippen LogP contribution in [0.25, 0.3) is 0 Å². The van der Waals surface area contributed by atoms with Crippen molar-refractivity contribution >= 4 is 27.4 Å². The molecule has 0 atom stereocenters. The molecule has 6 nitrogen and oxygen atoms in total. The average Bonchev–Trinajstić information content (AvgIpc) is 3.18. The van der Waals surface area contributed by atoms with E-state index in [0.29, 0.717) is 6.42 Å². The van der Waals surface area contributed by atoms with Gasteiger partial charge in [0.05, 0.1) is 10.5 Å². The van der Waals surface area contributed by atoms with Crippen LogP contribution in [0.1, 0.15) is 36.5 Å². The van der Waals surface area contributed by atoms with Crippen molar-refractivity contribution in [3.8, 4) is 0 Å². The van der Waals surface area contributed by atoms with Gasteiger partial charge in [-0.3, -0.25) is 4.79 Å². The van der Waals surface area contributed by atoms with E-state index in [1.54, 1.807) is 0 Å². The minimum Gasteiger partial charge on any atom is -0.478 e. The first-order chi connectivity index (χ1) is 9.68. The third-order valence-corrected chi connectivity index (χ3v) is 4.94. The van der Waals surface area contributed by atoms with E-state index in [9.17, 15) is 18.0 Å². The lowest BCUT2D eigenvalue weighted by Gasteiger charge is -2.14. The molecule has 0 heterocycles. The van der Waals surface area contributed by atoms with E-state index in [1.807, 2.05) is 6.92 Å². The molecule has 1 aromatic rings. The molecule has 0 aliphatic heterocycles. The van der Waals surface area contributed by atoms with Crippen molar-refractivity contribution in [3.05, 3.63) is 23.8 Å². The van der Waals surface area contributed by atoms with Gasteiger partial charge in [-0.25, -0.2) is 13.2 Å². The van der Waals surface area contributed by atoms with Gasteiger partial charge in [0.15, 0.2) is 9.84 Å². The Morgan fingerprint density at radius 3 is 2.33 bits per heavy atom. The maximum absolute atomic E-state index is 12.2. The summed E-state index contributed by atoms with van der Waals surface area (Å²) in [5.41, 5.74) is -0.362. The molecule has 0 aromatic heterocycles. The predicted octanol–water partition coefficient (Wildman–Crippen LogP) is 1.92. The number of carbonyl (C=O) groups excluding carboxylic acids is 1. The van der Waals surface area contributed by atoms with Crippen LogP contribution in [0.15, 0.2) is 23.1 Å². The molecule has 7 heteroatoms. The fourth-order valence-electron chi connectivity index (χ4n) is 2.16. The highest BCUT2D eigenvalue weighted by Gasteiger charge is 2.47. The van der Waals surface area contributed by atoms with Crippen LogP contribution < -0.4 is 5.32 Å². The summed E-state index contributed by atoms with van der Waals surface area (Å²) in [6.45, 7) is 1.92. The normalized spacial score (nSPS) is 16.3. The van der Waals surface area contributed by atoms with E-state index in [2.05, 4.69) is 5.32 Å².